The number of ketones is 1. The summed E-state index contributed by atoms with van der Waals surface area (Å²) in [5.41, 5.74) is 0.212. The molecule has 3 rings (SSSR count). The van der Waals surface area contributed by atoms with Gasteiger partial charge in [-0.15, -0.1) is 0 Å². The fraction of sp³-hybridized carbons (Fsp3) is 0.286. The van der Waals surface area contributed by atoms with Crippen molar-refractivity contribution in [2.75, 3.05) is 6.61 Å². The molecule has 10 heteroatoms. The Bertz CT molecular complexity index is 930. The van der Waals surface area contributed by atoms with Crippen LogP contribution in [0.1, 0.15) is 15.9 Å². The van der Waals surface area contributed by atoms with Gasteiger partial charge in [0.05, 0.1) is 6.61 Å². The van der Waals surface area contributed by atoms with Crippen molar-refractivity contribution in [1.82, 2.24) is 0 Å². The van der Waals surface area contributed by atoms with Gasteiger partial charge in [-0.05, 0) is 23.8 Å². The van der Waals surface area contributed by atoms with Gasteiger partial charge < -0.3 is 45.2 Å². The van der Waals surface area contributed by atoms with Crippen LogP contribution in [-0.2, 0) is 4.74 Å². The fourth-order valence-electron chi connectivity index (χ4n) is 3.05. The monoisotopic (exact) mass is 434 g/mol. The Morgan fingerprint density at radius 3 is 2.16 bits per heavy atom. The van der Waals surface area contributed by atoms with Gasteiger partial charge in [-0.2, -0.15) is 0 Å². The number of hydrogen-bond acceptors (Lipinski definition) is 10. The maximum Gasteiger partial charge on any atom is 0.229 e. The Labute approximate surface area is 176 Å². The highest BCUT2D eigenvalue weighted by Crippen LogP contribution is 2.35. The van der Waals surface area contributed by atoms with Gasteiger partial charge in [-0.1, -0.05) is 18.2 Å². The summed E-state index contributed by atoms with van der Waals surface area (Å²) in [4.78, 5) is 12.4. The molecule has 0 aliphatic carbocycles. The Hall–Kier alpha value is -3.15. The lowest BCUT2D eigenvalue weighted by Gasteiger charge is -2.39. The average molecular weight is 434 g/mol. The molecule has 1 fully saturated rings. The number of aromatic hydroxyl groups is 3. The zero-order valence-electron chi connectivity index (χ0n) is 16.1. The van der Waals surface area contributed by atoms with E-state index in [9.17, 15) is 40.5 Å². The molecule has 31 heavy (non-hydrogen) atoms. The Morgan fingerprint density at radius 1 is 0.968 bits per heavy atom. The standard InChI is InChI=1S/C21H22O10/c22-9-16-18(27)19(28)20(29)21(31-16)30-12-7-14(25)17(15(26)8-12)13(24)6-3-10-1-4-11(23)5-2-10/h1-8,16,18-23,25-29H,9H2. The third kappa shape index (κ3) is 4.95. The van der Waals surface area contributed by atoms with Crippen molar-refractivity contribution in [3.05, 3.63) is 53.6 Å². The van der Waals surface area contributed by atoms with Crippen LogP contribution in [0.4, 0.5) is 0 Å². The number of carbonyl (C=O) groups is 1. The number of phenolic OH excluding ortho intramolecular Hbond substituents is 3. The summed E-state index contributed by atoms with van der Waals surface area (Å²) in [6.45, 7) is -0.651. The van der Waals surface area contributed by atoms with Crippen LogP contribution in [0, 0.1) is 0 Å². The molecule has 0 bridgehead atoms. The van der Waals surface area contributed by atoms with Crippen LogP contribution in [-0.4, -0.2) is 78.8 Å². The third-order valence-corrected chi connectivity index (χ3v) is 4.74. The summed E-state index contributed by atoms with van der Waals surface area (Å²) in [5, 5.41) is 68.5. The van der Waals surface area contributed by atoms with Crippen molar-refractivity contribution in [1.29, 1.82) is 0 Å². The number of aliphatic hydroxyl groups is 4. The number of aliphatic hydroxyl groups excluding tert-OH is 4. The first-order valence-corrected chi connectivity index (χ1v) is 9.26. The van der Waals surface area contributed by atoms with E-state index in [4.69, 9.17) is 9.47 Å². The molecular weight excluding hydrogens is 412 g/mol. The van der Waals surface area contributed by atoms with Gasteiger partial charge in [0.1, 0.15) is 53.0 Å². The summed E-state index contributed by atoms with van der Waals surface area (Å²) in [7, 11) is 0. The maximum atomic E-state index is 12.4. The minimum absolute atomic E-state index is 0.0637. The molecular formula is C21H22O10. The Balaban J connectivity index is 1.77. The van der Waals surface area contributed by atoms with E-state index in [-0.39, 0.29) is 11.5 Å². The first-order valence-electron chi connectivity index (χ1n) is 9.26. The molecule has 5 unspecified atom stereocenters. The molecule has 1 heterocycles. The van der Waals surface area contributed by atoms with Gasteiger partial charge in [-0.25, -0.2) is 0 Å². The quantitative estimate of drug-likeness (QED) is 0.239. The lowest BCUT2D eigenvalue weighted by molar-refractivity contribution is -0.277. The van der Waals surface area contributed by atoms with Crippen molar-refractivity contribution in [2.45, 2.75) is 30.7 Å². The second-order valence-electron chi connectivity index (χ2n) is 6.94. The second-order valence-corrected chi connectivity index (χ2v) is 6.94. The van der Waals surface area contributed by atoms with E-state index in [1.165, 1.54) is 18.2 Å². The van der Waals surface area contributed by atoms with E-state index < -0.39 is 60.2 Å². The molecule has 5 atom stereocenters. The van der Waals surface area contributed by atoms with Gasteiger partial charge in [0.15, 0.2) is 5.78 Å². The Kier molecular flexibility index (Phi) is 6.78. The first-order chi connectivity index (χ1) is 14.7. The molecule has 1 saturated heterocycles. The first kappa shape index (κ1) is 22.5. The molecule has 2 aromatic carbocycles. The number of carbonyl (C=O) groups excluding carboxylic acids is 1. The number of rotatable bonds is 6. The zero-order valence-corrected chi connectivity index (χ0v) is 16.1. The summed E-state index contributed by atoms with van der Waals surface area (Å²) in [5.74, 6) is -2.06. The minimum atomic E-state index is -1.68. The Morgan fingerprint density at radius 2 is 1.58 bits per heavy atom. The smallest absolute Gasteiger partial charge is 0.229 e. The average Bonchev–Trinajstić information content (AvgIpc) is 2.73. The third-order valence-electron chi connectivity index (χ3n) is 4.74. The molecule has 0 radical (unpaired) electrons. The molecule has 0 amide bonds. The normalized spacial score (nSPS) is 26.1. The summed E-state index contributed by atoms with van der Waals surface area (Å²) >= 11 is 0. The van der Waals surface area contributed by atoms with Crippen molar-refractivity contribution in [2.24, 2.45) is 0 Å². The van der Waals surface area contributed by atoms with E-state index in [0.29, 0.717) is 5.56 Å². The van der Waals surface area contributed by atoms with Gasteiger partial charge in [0.25, 0.3) is 0 Å². The lowest BCUT2D eigenvalue weighted by Crippen LogP contribution is -2.60. The molecule has 2 aromatic rings. The predicted octanol–water partition coefficient (Wildman–Crippen LogP) is -0.122. The minimum Gasteiger partial charge on any atom is -0.508 e. The van der Waals surface area contributed by atoms with Gasteiger partial charge in [0.2, 0.25) is 6.29 Å². The molecule has 0 aromatic heterocycles. The largest absolute Gasteiger partial charge is 0.508 e. The van der Waals surface area contributed by atoms with Crippen LogP contribution in [0.3, 0.4) is 0 Å². The molecule has 166 valence electrons. The van der Waals surface area contributed by atoms with Crippen molar-refractivity contribution >= 4 is 11.9 Å². The maximum absolute atomic E-state index is 12.4. The highest BCUT2D eigenvalue weighted by Gasteiger charge is 2.44. The van der Waals surface area contributed by atoms with Gasteiger partial charge >= 0.3 is 0 Å². The summed E-state index contributed by atoms with van der Waals surface area (Å²) < 4.78 is 10.5. The molecule has 10 nitrogen and oxygen atoms in total. The van der Waals surface area contributed by atoms with Gasteiger partial charge in [0, 0.05) is 12.1 Å². The molecule has 1 aliphatic rings. The van der Waals surface area contributed by atoms with Crippen LogP contribution in [0.25, 0.3) is 6.08 Å². The van der Waals surface area contributed by atoms with Crippen LogP contribution in [0.15, 0.2) is 42.5 Å². The van der Waals surface area contributed by atoms with Crippen LogP contribution >= 0.6 is 0 Å². The van der Waals surface area contributed by atoms with Crippen LogP contribution in [0.2, 0.25) is 0 Å². The van der Waals surface area contributed by atoms with E-state index in [2.05, 4.69) is 0 Å². The number of hydrogen-bond donors (Lipinski definition) is 7. The molecule has 0 saturated carbocycles. The molecule has 1 aliphatic heterocycles. The van der Waals surface area contributed by atoms with E-state index in [0.717, 1.165) is 18.2 Å². The van der Waals surface area contributed by atoms with E-state index in [1.54, 1.807) is 12.1 Å². The lowest BCUT2D eigenvalue weighted by atomic mass is 9.99. The van der Waals surface area contributed by atoms with Gasteiger partial charge in [-0.3, -0.25) is 4.79 Å². The van der Waals surface area contributed by atoms with Crippen molar-refractivity contribution < 1.29 is 50.0 Å². The highest BCUT2D eigenvalue weighted by molar-refractivity contribution is 6.10. The number of phenols is 3. The van der Waals surface area contributed by atoms with E-state index in [1.807, 2.05) is 0 Å². The molecule has 7 N–H and O–H groups in total. The zero-order chi connectivity index (χ0) is 22.7. The van der Waals surface area contributed by atoms with E-state index >= 15 is 0 Å². The van der Waals surface area contributed by atoms with Crippen molar-refractivity contribution in [3.8, 4) is 23.0 Å². The topological polar surface area (TPSA) is 177 Å². The fourth-order valence-corrected chi connectivity index (χ4v) is 3.05. The van der Waals surface area contributed by atoms with Crippen LogP contribution < -0.4 is 4.74 Å². The van der Waals surface area contributed by atoms with Crippen LogP contribution in [0.5, 0.6) is 23.0 Å². The summed E-state index contributed by atoms with van der Waals surface area (Å²) in [6, 6.07) is 8.01. The number of benzene rings is 2. The second kappa shape index (κ2) is 9.33. The predicted molar refractivity (Wildman–Crippen MR) is 106 cm³/mol. The van der Waals surface area contributed by atoms with Crippen molar-refractivity contribution in [3.63, 3.8) is 0 Å². The number of ether oxygens (including phenoxy) is 2. The summed E-state index contributed by atoms with van der Waals surface area (Å²) in [6.07, 6.45) is -5.08. The highest BCUT2D eigenvalue weighted by atomic mass is 16.7. The number of allylic oxidation sites excluding steroid dienone is 1. The SMILES string of the molecule is O=C(C=Cc1ccc(O)cc1)c1c(O)cc(OC2OC(CO)C(O)C(O)C2O)cc1O. The molecule has 0 spiro atoms.